The van der Waals surface area contributed by atoms with Crippen molar-refractivity contribution < 1.29 is 22.0 Å². The highest BCUT2D eigenvalue weighted by atomic mass is 35.5. The zero-order valence-corrected chi connectivity index (χ0v) is 14.8. The number of nitrogens with zero attached hydrogens (tertiary/aromatic N) is 1. The van der Waals surface area contributed by atoms with Gasteiger partial charge in [-0.25, -0.2) is 21.9 Å². The summed E-state index contributed by atoms with van der Waals surface area (Å²) in [5, 5.41) is 0. The van der Waals surface area contributed by atoms with Crippen molar-refractivity contribution >= 4 is 44.6 Å². The van der Waals surface area contributed by atoms with Gasteiger partial charge in [0.15, 0.2) is 0 Å². The zero-order valence-electron chi connectivity index (χ0n) is 12.4. The molecule has 24 heavy (non-hydrogen) atoms. The Morgan fingerprint density at radius 3 is 2.54 bits per heavy atom. The first-order chi connectivity index (χ1) is 11.2. The Morgan fingerprint density at radius 1 is 1.29 bits per heavy atom. The fourth-order valence-electron chi connectivity index (χ4n) is 1.95. The zero-order chi connectivity index (χ0) is 17.9. The summed E-state index contributed by atoms with van der Waals surface area (Å²) in [6.07, 6.45) is 0. The van der Waals surface area contributed by atoms with Crippen LogP contribution in [0, 0.1) is 11.6 Å². The number of amides is 1. The lowest BCUT2D eigenvalue weighted by molar-refractivity contribution is -0.116. The van der Waals surface area contributed by atoms with Crippen LogP contribution in [0.5, 0.6) is 0 Å². The number of hydrogen-bond donors (Lipinski definition) is 1. The van der Waals surface area contributed by atoms with E-state index >= 15 is 0 Å². The molecular formula is C14H13ClF2N2O3S2. The number of hydrogen-bond acceptors (Lipinski definition) is 4. The van der Waals surface area contributed by atoms with E-state index in [0.717, 1.165) is 28.4 Å². The van der Waals surface area contributed by atoms with Crippen LogP contribution in [0.15, 0.2) is 34.5 Å². The SMILES string of the molecule is CC(=O)N(CCNS(=O)(=O)c1ccc(Cl)s1)c1ccc(F)cc1F. The molecule has 1 N–H and O–H groups in total. The summed E-state index contributed by atoms with van der Waals surface area (Å²) >= 11 is 6.60. The second-order valence-electron chi connectivity index (χ2n) is 4.72. The van der Waals surface area contributed by atoms with Gasteiger partial charge in [-0.15, -0.1) is 11.3 Å². The van der Waals surface area contributed by atoms with E-state index in [1.54, 1.807) is 0 Å². The number of carbonyl (C=O) groups excluding carboxylic acids is 1. The lowest BCUT2D eigenvalue weighted by Gasteiger charge is -2.21. The minimum absolute atomic E-state index is 0.0369. The van der Waals surface area contributed by atoms with Crippen LogP contribution in [0.2, 0.25) is 4.34 Å². The highest BCUT2D eigenvalue weighted by Crippen LogP contribution is 2.25. The van der Waals surface area contributed by atoms with Crippen molar-refractivity contribution in [3.05, 3.63) is 46.3 Å². The molecule has 0 aliphatic rings. The molecule has 2 aromatic rings. The van der Waals surface area contributed by atoms with E-state index in [2.05, 4.69) is 4.72 Å². The van der Waals surface area contributed by atoms with Crippen LogP contribution in [-0.4, -0.2) is 27.4 Å². The largest absolute Gasteiger partial charge is 0.309 e. The third kappa shape index (κ3) is 4.50. The van der Waals surface area contributed by atoms with Crippen LogP contribution in [-0.2, 0) is 14.8 Å². The van der Waals surface area contributed by atoms with E-state index < -0.39 is 27.6 Å². The Morgan fingerprint density at radius 2 is 2.00 bits per heavy atom. The molecule has 0 saturated heterocycles. The normalized spacial score (nSPS) is 11.5. The second kappa shape index (κ2) is 7.56. The standard InChI is InChI=1S/C14H13ClF2N2O3S2/c1-9(20)19(12-3-2-10(16)8-11(12)17)7-6-18-24(21,22)14-5-4-13(15)23-14/h2-5,8,18H,6-7H2,1H3. The smallest absolute Gasteiger partial charge is 0.250 e. The van der Waals surface area contributed by atoms with Gasteiger partial charge in [0.25, 0.3) is 0 Å². The fraction of sp³-hybridized carbons (Fsp3) is 0.214. The van der Waals surface area contributed by atoms with Crippen molar-refractivity contribution in [3.63, 3.8) is 0 Å². The number of rotatable bonds is 6. The summed E-state index contributed by atoms with van der Waals surface area (Å²) < 4.78 is 53.6. The van der Waals surface area contributed by atoms with Gasteiger partial charge in [0.1, 0.15) is 15.8 Å². The maximum absolute atomic E-state index is 13.8. The van der Waals surface area contributed by atoms with Gasteiger partial charge in [-0.05, 0) is 24.3 Å². The molecule has 0 spiro atoms. The lowest BCUT2D eigenvalue weighted by Crippen LogP contribution is -2.37. The van der Waals surface area contributed by atoms with Crippen molar-refractivity contribution in [1.29, 1.82) is 0 Å². The Labute approximate surface area is 146 Å². The van der Waals surface area contributed by atoms with Crippen LogP contribution in [0.4, 0.5) is 14.5 Å². The Hall–Kier alpha value is -1.55. The van der Waals surface area contributed by atoms with Gasteiger partial charge in [0.2, 0.25) is 15.9 Å². The highest BCUT2D eigenvalue weighted by Gasteiger charge is 2.19. The quantitative estimate of drug-likeness (QED) is 0.819. The van der Waals surface area contributed by atoms with Gasteiger partial charge < -0.3 is 4.90 Å². The molecule has 0 saturated carbocycles. The van der Waals surface area contributed by atoms with Gasteiger partial charge in [0, 0.05) is 26.1 Å². The van der Waals surface area contributed by atoms with E-state index in [9.17, 15) is 22.0 Å². The van der Waals surface area contributed by atoms with Gasteiger partial charge in [-0.2, -0.15) is 0 Å². The first-order valence-corrected chi connectivity index (χ1v) is 9.36. The number of carbonyl (C=O) groups is 1. The molecule has 10 heteroatoms. The van der Waals surface area contributed by atoms with E-state index in [1.165, 1.54) is 19.1 Å². The number of anilines is 1. The highest BCUT2D eigenvalue weighted by molar-refractivity contribution is 7.91. The molecule has 5 nitrogen and oxygen atoms in total. The Bertz CT molecular complexity index is 855. The number of benzene rings is 1. The molecule has 1 heterocycles. The second-order valence-corrected chi connectivity index (χ2v) is 8.43. The average molecular weight is 395 g/mol. The van der Waals surface area contributed by atoms with Crippen molar-refractivity contribution in [1.82, 2.24) is 4.72 Å². The lowest BCUT2D eigenvalue weighted by atomic mass is 10.2. The summed E-state index contributed by atoms with van der Waals surface area (Å²) in [4.78, 5) is 12.7. The van der Waals surface area contributed by atoms with Gasteiger partial charge >= 0.3 is 0 Å². The monoisotopic (exact) mass is 394 g/mol. The fourth-order valence-corrected chi connectivity index (χ4v) is 4.50. The number of nitrogens with one attached hydrogen (secondary N) is 1. The summed E-state index contributed by atoms with van der Waals surface area (Å²) in [5.41, 5.74) is -0.123. The molecule has 0 aliphatic heterocycles. The molecule has 0 fully saturated rings. The Kier molecular flexibility index (Phi) is 5.92. The first kappa shape index (κ1) is 18.8. The molecule has 0 unspecified atom stereocenters. The number of thiophene rings is 1. The predicted octanol–water partition coefficient (Wildman–Crippen LogP) is 3.01. The third-order valence-electron chi connectivity index (χ3n) is 3.02. The van der Waals surface area contributed by atoms with E-state index in [-0.39, 0.29) is 23.0 Å². The van der Waals surface area contributed by atoms with Crippen molar-refractivity contribution in [2.24, 2.45) is 0 Å². The maximum Gasteiger partial charge on any atom is 0.250 e. The average Bonchev–Trinajstić information content (AvgIpc) is 2.92. The molecule has 130 valence electrons. The molecule has 0 bridgehead atoms. The Balaban J connectivity index is 2.08. The maximum atomic E-state index is 13.8. The first-order valence-electron chi connectivity index (χ1n) is 6.69. The molecule has 1 aromatic carbocycles. The topological polar surface area (TPSA) is 66.5 Å². The van der Waals surface area contributed by atoms with Crippen LogP contribution >= 0.6 is 22.9 Å². The van der Waals surface area contributed by atoms with Gasteiger partial charge in [0.05, 0.1) is 10.0 Å². The summed E-state index contributed by atoms with van der Waals surface area (Å²) in [6.45, 7) is 0.945. The molecule has 0 aliphatic carbocycles. The van der Waals surface area contributed by atoms with Crippen molar-refractivity contribution in [2.75, 3.05) is 18.0 Å². The van der Waals surface area contributed by atoms with Crippen LogP contribution in [0.3, 0.4) is 0 Å². The summed E-state index contributed by atoms with van der Waals surface area (Å²) in [6, 6.07) is 5.61. The van der Waals surface area contributed by atoms with E-state index in [4.69, 9.17) is 11.6 Å². The number of sulfonamides is 1. The van der Waals surface area contributed by atoms with Crippen LogP contribution in [0.25, 0.3) is 0 Å². The predicted molar refractivity (Wildman–Crippen MR) is 88.9 cm³/mol. The van der Waals surface area contributed by atoms with Crippen LogP contribution in [0.1, 0.15) is 6.92 Å². The third-order valence-corrected chi connectivity index (χ3v) is 6.21. The van der Waals surface area contributed by atoms with E-state index in [1.807, 2.05) is 0 Å². The van der Waals surface area contributed by atoms with Crippen LogP contribution < -0.4 is 9.62 Å². The molecule has 0 atom stereocenters. The van der Waals surface area contributed by atoms with Gasteiger partial charge in [-0.3, -0.25) is 4.79 Å². The minimum atomic E-state index is -3.77. The molecule has 1 aromatic heterocycles. The number of halogens is 3. The molecule has 1 amide bonds. The minimum Gasteiger partial charge on any atom is -0.309 e. The summed E-state index contributed by atoms with van der Waals surface area (Å²) in [7, 11) is -3.77. The van der Waals surface area contributed by atoms with Crippen molar-refractivity contribution in [3.8, 4) is 0 Å². The van der Waals surface area contributed by atoms with Gasteiger partial charge in [-0.1, -0.05) is 11.6 Å². The summed E-state index contributed by atoms with van der Waals surface area (Å²) in [5.74, 6) is -2.17. The van der Waals surface area contributed by atoms with E-state index in [0.29, 0.717) is 10.4 Å². The molecule has 0 radical (unpaired) electrons. The van der Waals surface area contributed by atoms with Crippen molar-refractivity contribution in [2.45, 2.75) is 11.1 Å². The molecular weight excluding hydrogens is 382 g/mol. The molecule has 2 rings (SSSR count).